The fraction of sp³-hybridized carbons (Fsp3) is 0.231. The number of nitrogens with zero attached hydrogens (tertiary/aromatic N) is 5. The van der Waals surface area contributed by atoms with Gasteiger partial charge in [-0.2, -0.15) is 0 Å². The van der Waals surface area contributed by atoms with Gasteiger partial charge in [0.1, 0.15) is 0 Å². The van der Waals surface area contributed by atoms with Crippen LogP contribution < -0.4 is 19.6 Å². The second-order valence-corrected chi connectivity index (χ2v) is 8.86. The summed E-state index contributed by atoms with van der Waals surface area (Å²) in [6, 6.07) is 22.4. The Morgan fingerprint density at radius 3 is 1.77 bits per heavy atom. The summed E-state index contributed by atoms with van der Waals surface area (Å²) in [5.74, 6) is 0. The minimum atomic E-state index is -0.469. The highest BCUT2D eigenvalue weighted by atomic mass is 16.6. The summed E-state index contributed by atoms with van der Waals surface area (Å²) in [6.45, 7) is 4.89. The highest BCUT2D eigenvalue weighted by Gasteiger charge is 2.39. The first-order chi connectivity index (χ1) is 16.8. The van der Waals surface area contributed by atoms with Crippen molar-refractivity contribution in [1.29, 1.82) is 0 Å². The Balaban J connectivity index is 1.41. The topological polar surface area (TPSA) is 90.2 Å². The van der Waals surface area contributed by atoms with Crippen molar-refractivity contribution in [2.75, 3.05) is 32.7 Å². The van der Waals surface area contributed by atoms with Crippen LogP contribution in [0.2, 0.25) is 0 Å². The van der Waals surface area contributed by atoms with E-state index in [2.05, 4.69) is 0 Å². The number of carbonyl (C=O) groups excluding carboxylic acids is 2. The van der Waals surface area contributed by atoms with Crippen LogP contribution in [0.1, 0.15) is 13.8 Å². The first kappa shape index (κ1) is 22.4. The van der Waals surface area contributed by atoms with Crippen molar-refractivity contribution >= 4 is 40.5 Å². The van der Waals surface area contributed by atoms with E-state index in [9.17, 15) is 19.7 Å². The van der Waals surface area contributed by atoms with Crippen LogP contribution in [-0.4, -0.2) is 42.2 Å². The monoisotopic (exact) mass is 471 g/mol. The molecule has 0 aromatic heterocycles. The van der Waals surface area contributed by atoms with E-state index in [0.717, 1.165) is 5.69 Å². The average Bonchev–Trinajstić information content (AvgIpc) is 3.33. The van der Waals surface area contributed by atoms with Gasteiger partial charge in [-0.3, -0.25) is 29.7 Å². The molecule has 0 unspecified atom stereocenters. The molecule has 0 N–H and O–H groups in total. The number of non-ortho nitro benzene ring substituents is 1. The van der Waals surface area contributed by atoms with Gasteiger partial charge in [0.25, 0.3) is 5.69 Å². The first-order valence-corrected chi connectivity index (χ1v) is 11.5. The number of nitro groups is 1. The molecule has 9 nitrogen and oxygen atoms in total. The smallest absolute Gasteiger partial charge is 0.292 e. The Morgan fingerprint density at radius 1 is 0.686 bits per heavy atom. The molecular weight excluding hydrogens is 446 g/mol. The van der Waals surface area contributed by atoms with Gasteiger partial charge in [0.2, 0.25) is 0 Å². The zero-order valence-electron chi connectivity index (χ0n) is 19.4. The van der Waals surface area contributed by atoms with E-state index in [1.165, 1.54) is 12.1 Å². The number of para-hydroxylation sites is 1. The molecule has 5 rings (SSSR count). The number of hydrogen-bond acceptors (Lipinski definition) is 4. The van der Waals surface area contributed by atoms with Gasteiger partial charge < -0.3 is 0 Å². The zero-order chi connectivity index (χ0) is 24.7. The zero-order valence-corrected chi connectivity index (χ0v) is 19.4. The molecule has 0 saturated carbocycles. The Labute approximate surface area is 202 Å². The third-order valence-corrected chi connectivity index (χ3v) is 6.46. The quantitative estimate of drug-likeness (QED) is 0.375. The van der Waals surface area contributed by atoms with Crippen LogP contribution in [0, 0.1) is 10.1 Å². The Hall–Kier alpha value is -4.40. The molecule has 35 heavy (non-hydrogen) atoms. The molecule has 2 heterocycles. The van der Waals surface area contributed by atoms with Gasteiger partial charge in [-0.05, 0) is 50.2 Å². The van der Waals surface area contributed by atoms with Crippen LogP contribution in [0.15, 0.2) is 78.9 Å². The molecule has 0 radical (unpaired) electrons. The second-order valence-electron chi connectivity index (χ2n) is 8.86. The van der Waals surface area contributed by atoms with Crippen LogP contribution in [0.5, 0.6) is 0 Å². The number of anilines is 4. The van der Waals surface area contributed by atoms with Crippen LogP contribution >= 0.6 is 0 Å². The molecule has 2 aliphatic heterocycles. The molecule has 9 heteroatoms. The molecule has 2 aliphatic rings. The van der Waals surface area contributed by atoms with E-state index in [4.69, 9.17) is 0 Å². The molecule has 0 spiro atoms. The van der Waals surface area contributed by atoms with Crippen LogP contribution in [0.25, 0.3) is 0 Å². The van der Waals surface area contributed by atoms with Crippen LogP contribution in [0.3, 0.4) is 0 Å². The van der Waals surface area contributed by atoms with E-state index in [1.54, 1.807) is 31.7 Å². The van der Waals surface area contributed by atoms with Gasteiger partial charge in [0.05, 0.1) is 22.7 Å². The van der Waals surface area contributed by atoms with Gasteiger partial charge in [-0.1, -0.05) is 30.3 Å². The van der Waals surface area contributed by atoms with Gasteiger partial charge in [0, 0.05) is 42.3 Å². The molecule has 0 aliphatic carbocycles. The van der Waals surface area contributed by atoms with Gasteiger partial charge in [-0.25, -0.2) is 9.59 Å². The Bertz CT molecular complexity index is 1300. The summed E-state index contributed by atoms with van der Waals surface area (Å²) in [4.78, 5) is 44.1. The van der Waals surface area contributed by atoms with Crippen molar-refractivity contribution in [3.63, 3.8) is 0 Å². The SMILES string of the molecule is C[C@H]1CN(c2ccccc2)C(=O)N1c1cccc(N2C[C@H](C)N(c3cccc([N+](=O)[O-])c3)C2=O)c1. The van der Waals surface area contributed by atoms with E-state index in [-0.39, 0.29) is 29.8 Å². The summed E-state index contributed by atoms with van der Waals surface area (Å²) in [5.41, 5.74) is 2.65. The maximum absolute atomic E-state index is 13.4. The summed E-state index contributed by atoms with van der Waals surface area (Å²) in [6.07, 6.45) is 0. The highest BCUT2D eigenvalue weighted by molar-refractivity contribution is 6.09. The van der Waals surface area contributed by atoms with Crippen LogP contribution in [0.4, 0.5) is 38.0 Å². The largest absolute Gasteiger partial charge is 0.329 e. The van der Waals surface area contributed by atoms with E-state index < -0.39 is 4.92 Å². The van der Waals surface area contributed by atoms with Crippen molar-refractivity contribution in [2.45, 2.75) is 25.9 Å². The highest BCUT2D eigenvalue weighted by Crippen LogP contribution is 2.34. The minimum absolute atomic E-state index is 0.0486. The molecule has 2 saturated heterocycles. The van der Waals surface area contributed by atoms with Crippen molar-refractivity contribution < 1.29 is 14.5 Å². The third kappa shape index (κ3) is 3.95. The number of rotatable bonds is 5. The van der Waals surface area contributed by atoms with Gasteiger partial charge in [-0.15, -0.1) is 0 Å². The lowest BCUT2D eigenvalue weighted by Gasteiger charge is -2.24. The van der Waals surface area contributed by atoms with Gasteiger partial charge >= 0.3 is 12.1 Å². The number of carbonyl (C=O) groups is 2. The summed E-state index contributed by atoms with van der Waals surface area (Å²) < 4.78 is 0. The second kappa shape index (κ2) is 8.75. The third-order valence-electron chi connectivity index (χ3n) is 6.46. The number of benzene rings is 3. The predicted molar refractivity (Wildman–Crippen MR) is 135 cm³/mol. The van der Waals surface area contributed by atoms with Crippen molar-refractivity contribution in [3.05, 3.63) is 89.0 Å². The minimum Gasteiger partial charge on any atom is -0.292 e. The molecule has 3 aromatic rings. The standard InChI is InChI=1S/C26H25N5O4/c1-18-16-27(20-8-4-3-5-9-20)25(32)29(18)22-11-6-10-21(14-22)28-17-19(2)30(26(28)33)23-12-7-13-24(15-23)31(34)35/h3-15,18-19H,16-17H2,1-2H3/t18-,19-/m0/s1. The lowest BCUT2D eigenvalue weighted by Crippen LogP contribution is -2.35. The maximum Gasteiger partial charge on any atom is 0.329 e. The molecule has 2 fully saturated rings. The molecule has 0 bridgehead atoms. The molecular formula is C26H25N5O4. The first-order valence-electron chi connectivity index (χ1n) is 11.5. The van der Waals surface area contributed by atoms with Crippen molar-refractivity contribution in [3.8, 4) is 0 Å². The number of nitro benzene ring substituents is 1. The Morgan fingerprint density at radius 2 is 1.17 bits per heavy atom. The Kier molecular flexibility index (Phi) is 5.60. The number of urea groups is 2. The van der Waals surface area contributed by atoms with E-state index >= 15 is 0 Å². The van der Waals surface area contributed by atoms with E-state index in [0.29, 0.717) is 30.2 Å². The molecule has 4 amide bonds. The van der Waals surface area contributed by atoms with Crippen LogP contribution in [-0.2, 0) is 0 Å². The molecule has 178 valence electrons. The van der Waals surface area contributed by atoms with E-state index in [1.807, 2.05) is 68.4 Å². The molecule has 3 aromatic carbocycles. The fourth-order valence-corrected chi connectivity index (χ4v) is 4.82. The van der Waals surface area contributed by atoms with Gasteiger partial charge in [0.15, 0.2) is 0 Å². The fourth-order valence-electron chi connectivity index (χ4n) is 4.82. The number of hydrogen-bond donors (Lipinski definition) is 0. The predicted octanol–water partition coefficient (Wildman–Crippen LogP) is 5.27. The summed E-state index contributed by atoms with van der Waals surface area (Å²) >= 11 is 0. The summed E-state index contributed by atoms with van der Waals surface area (Å²) in [5, 5.41) is 11.2. The normalized spacial score (nSPS) is 20.2. The van der Waals surface area contributed by atoms with Crippen molar-refractivity contribution in [1.82, 2.24) is 0 Å². The molecule has 2 atom stereocenters. The lowest BCUT2D eigenvalue weighted by atomic mass is 10.2. The lowest BCUT2D eigenvalue weighted by molar-refractivity contribution is -0.384. The van der Waals surface area contributed by atoms with Crippen molar-refractivity contribution in [2.24, 2.45) is 0 Å². The number of amides is 4. The maximum atomic E-state index is 13.4. The summed E-state index contributed by atoms with van der Waals surface area (Å²) in [7, 11) is 0. The average molecular weight is 472 g/mol.